The molecule has 0 aromatic heterocycles. The molecule has 1 aliphatic heterocycles. The lowest BCUT2D eigenvalue weighted by Crippen LogP contribution is -2.40. The van der Waals surface area contributed by atoms with E-state index in [2.05, 4.69) is 0 Å². The largest absolute Gasteiger partial charge is 0.394 e. The molecule has 0 amide bonds. The van der Waals surface area contributed by atoms with Crippen molar-refractivity contribution in [2.75, 3.05) is 24.8 Å². The molecule has 1 fully saturated rings. The lowest BCUT2D eigenvalue weighted by molar-refractivity contribution is 0.215. The molecule has 0 aromatic carbocycles. The first-order valence-electron chi connectivity index (χ1n) is 3.47. The minimum Gasteiger partial charge on any atom is -0.394 e. The topological polar surface area (TPSA) is 49.5 Å². The van der Waals surface area contributed by atoms with Crippen molar-refractivity contribution < 1.29 is 5.11 Å². The van der Waals surface area contributed by atoms with Crippen molar-refractivity contribution in [3.8, 4) is 0 Å². The van der Waals surface area contributed by atoms with Crippen molar-refractivity contribution in [2.45, 2.75) is 6.04 Å². The lowest BCUT2D eigenvalue weighted by Gasteiger charge is -2.23. The van der Waals surface area contributed by atoms with Crippen LogP contribution in [0.2, 0.25) is 0 Å². The van der Waals surface area contributed by atoms with Crippen LogP contribution in [0.15, 0.2) is 0 Å². The predicted molar refractivity (Wildman–Crippen MR) is 51.7 cm³/mol. The van der Waals surface area contributed by atoms with E-state index in [0.717, 1.165) is 16.6 Å². The number of hydrogen-bond acceptors (Lipinski definition) is 4. The summed E-state index contributed by atoms with van der Waals surface area (Å²) in [5.41, 5.74) is 5.40. The first-order valence-corrected chi connectivity index (χ1v) is 5.04. The van der Waals surface area contributed by atoms with Crippen LogP contribution < -0.4 is 5.73 Å². The van der Waals surface area contributed by atoms with Gasteiger partial charge in [0, 0.05) is 12.3 Å². The number of thiocarbonyl (C=S) groups is 1. The second-order valence-electron chi connectivity index (χ2n) is 2.40. The highest BCUT2D eigenvalue weighted by molar-refractivity contribution is 7.99. The van der Waals surface area contributed by atoms with E-state index >= 15 is 0 Å². The summed E-state index contributed by atoms with van der Waals surface area (Å²) in [6.45, 7) is 0.583. The molecule has 64 valence electrons. The van der Waals surface area contributed by atoms with E-state index < -0.39 is 0 Å². The monoisotopic (exact) mass is 192 g/mol. The zero-order valence-corrected chi connectivity index (χ0v) is 7.83. The zero-order chi connectivity index (χ0) is 8.27. The fourth-order valence-electron chi connectivity index (χ4n) is 1.03. The molecule has 0 saturated carbocycles. The highest BCUT2D eigenvalue weighted by atomic mass is 32.2. The predicted octanol–water partition coefficient (Wildman–Crippen LogP) is -0.360. The summed E-state index contributed by atoms with van der Waals surface area (Å²) >= 11 is 6.82. The molecule has 1 heterocycles. The van der Waals surface area contributed by atoms with Gasteiger partial charge in [0.1, 0.15) is 0 Å². The van der Waals surface area contributed by atoms with Gasteiger partial charge in [-0.05, 0) is 0 Å². The minimum absolute atomic E-state index is 0.174. The number of aliphatic hydroxyl groups excluding tert-OH is 1. The van der Waals surface area contributed by atoms with Crippen LogP contribution in [0, 0.1) is 0 Å². The van der Waals surface area contributed by atoms with Gasteiger partial charge >= 0.3 is 0 Å². The van der Waals surface area contributed by atoms with Crippen LogP contribution in [0.4, 0.5) is 0 Å². The highest BCUT2D eigenvalue weighted by Gasteiger charge is 2.25. The Bertz CT molecular complexity index is 154. The molecule has 1 rings (SSSR count). The molecule has 0 spiro atoms. The Balaban J connectivity index is 2.49. The Morgan fingerprint density at radius 1 is 1.82 bits per heavy atom. The highest BCUT2D eigenvalue weighted by Crippen LogP contribution is 2.20. The number of aliphatic hydroxyl groups is 1. The Labute approximate surface area is 75.9 Å². The van der Waals surface area contributed by atoms with Gasteiger partial charge in [0.25, 0.3) is 0 Å². The maximum atomic E-state index is 8.93. The quantitative estimate of drug-likeness (QED) is 0.585. The molecular formula is C6H12N2OS2. The van der Waals surface area contributed by atoms with Gasteiger partial charge in [-0.2, -0.15) is 0 Å². The average molecular weight is 192 g/mol. The molecule has 3 N–H and O–H groups in total. The van der Waals surface area contributed by atoms with Crippen LogP contribution in [0.5, 0.6) is 0 Å². The van der Waals surface area contributed by atoms with E-state index in [0.29, 0.717) is 6.54 Å². The molecule has 3 nitrogen and oxygen atoms in total. The Hall–Kier alpha value is 0.160. The number of hydrogen-bond donors (Lipinski definition) is 2. The van der Waals surface area contributed by atoms with Crippen molar-refractivity contribution in [2.24, 2.45) is 5.73 Å². The Kier molecular flexibility index (Phi) is 3.58. The summed E-state index contributed by atoms with van der Waals surface area (Å²) in [5.74, 6) is 1.83. The molecular weight excluding hydrogens is 180 g/mol. The summed E-state index contributed by atoms with van der Waals surface area (Å²) in [6.07, 6.45) is 0. The van der Waals surface area contributed by atoms with Crippen LogP contribution in [-0.2, 0) is 0 Å². The second kappa shape index (κ2) is 4.25. The maximum Gasteiger partial charge on any atom is 0.0927 e. The van der Waals surface area contributed by atoms with Gasteiger partial charge in [-0.15, -0.1) is 11.8 Å². The Morgan fingerprint density at radius 3 is 3.09 bits per heavy atom. The van der Waals surface area contributed by atoms with Gasteiger partial charge in [0.05, 0.1) is 23.5 Å². The third-order valence-electron chi connectivity index (χ3n) is 1.69. The normalized spacial score (nSPS) is 24.2. The molecule has 0 aliphatic carbocycles. The van der Waals surface area contributed by atoms with E-state index in [1.165, 1.54) is 0 Å². The summed E-state index contributed by atoms with van der Waals surface area (Å²) in [7, 11) is 0. The van der Waals surface area contributed by atoms with E-state index in [4.69, 9.17) is 23.1 Å². The van der Waals surface area contributed by atoms with Crippen LogP contribution in [-0.4, -0.2) is 45.8 Å². The standard InChI is InChI=1S/C6H12N2OS2/c7-1-6(10)8-4-11-3-5(8)2-9/h5,9H,1-4,7H2. The summed E-state index contributed by atoms with van der Waals surface area (Å²) in [6, 6.07) is 0.191. The average Bonchev–Trinajstić information content (AvgIpc) is 2.50. The van der Waals surface area contributed by atoms with Gasteiger partial charge in [0.15, 0.2) is 0 Å². The fraction of sp³-hybridized carbons (Fsp3) is 0.833. The summed E-state index contributed by atoms with van der Waals surface area (Å²) in [4.78, 5) is 2.76. The number of rotatable bonds is 2. The summed E-state index contributed by atoms with van der Waals surface area (Å²) in [5, 5.41) is 8.93. The van der Waals surface area contributed by atoms with Gasteiger partial charge < -0.3 is 15.7 Å². The molecule has 1 unspecified atom stereocenters. The van der Waals surface area contributed by atoms with Gasteiger partial charge in [-0.1, -0.05) is 12.2 Å². The number of thioether (sulfide) groups is 1. The second-order valence-corrected chi connectivity index (χ2v) is 3.87. The van der Waals surface area contributed by atoms with Gasteiger partial charge in [0.2, 0.25) is 0 Å². The van der Waals surface area contributed by atoms with Crippen LogP contribution in [0.25, 0.3) is 0 Å². The number of nitrogens with zero attached hydrogens (tertiary/aromatic N) is 1. The molecule has 0 radical (unpaired) electrons. The van der Waals surface area contributed by atoms with Crippen LogP contribution >= 0.6 is 24.0 Å². The van der Waals surface area contributed by atoms with Crippen molar-refractivity contribution in [1.82, 2.24) is 4.90 Å². The third-order valence-corrected chi connectivity index (χ3v) is 3.17. The SMILES string of the molecule is NCC(=S)N1CSCC1CO. The van der Waals surface area contributed by atoms with E-state index in [-0.39, 0.29) is 12.6 Å². The molecule has 1 saturated heterocycles. The van der Waals surface area contributed by atoms with Crippen molar-refractivity contribution in [3.05, 3.63) is 0 Å². The molecule has 1 atom stereocenters. The van der Waals surface area contributed by atoms with Crippen LogP contribution in [0.3, 0.4) is 0 Å². The smallest absolute Gasteiger partial charge is 0.0927 e. The Morgan fingerprint density at radius 2 is 2.55 bits per heavy atom. The minimum atomic E-state index is 0.174. The molecule has 1 aliphatic rings. The van der Waals surface area contributed by atoms with Crippen molar-refractivity contribution in [1.29, 1.82) is 0 Å². The fourth-order valence-corrected chi connectivity index (χ4v) is 2.55. The van der Waals surface area contributed by atoms with Gasteiger partial charge in [-0.3, -0.25) is 0 Å². The first-order chi connectivity index (χ1) is 5.29. The molecule has 0 aromatic rings. The zero-order valence-electron chi connectivity index (χ0n) is 6.19. The van der Waals surface area contributed by atoms with E-state index in [1.807, 2.05) is 4.90 Å². The molecule has 11 heavy (non-hydrogen) atoms. The number of nitrogens with two attached hydrogens (primary N) is 1. The van der Waals surface area contributed by atoms with Crippen molar-refractivity contribution >= 4 is 29.0 Å². The van der Waals surface area contributed by atoms with Crippen LogP contribution in [0.1, 0.15) is 0 Å². The third kappa shape index (κ3) is 2.05. The maximum absolute atomic E-state index is 8.93. The molecule has 0 bridgehead atoms. The summed E-state index contributed by atoms with van der Waals surface area (Å²) < 4.78 is 0. The van der Waals surface area contributed by atoms with Crippen molar-refractivity contribution in [3.63, 3.8) is 0 Å². The first kappa shape index (κ1) is 9.25. The van der Waals surface area contributed by atoms with Gasteiger partial charge in [-0.25, -0.2) is 0 Å². The molecule has 5 heteroatoms. The van der Waals surface area contributed by atoms with E-state index in [9.17, 15) is 0 Å². The van der Waals surface area contributed by atoms with E-state index in [1.54, 1.807) is 11.8 Å². The lowest BCUT2D eigenvalue weighted by atomic mass is 10.3.